The van der Waals surface area contributed by atoms with Gasteiger partial charge in [0.1, 0.15) is 0 Å². The van der Waals surface area contributed by atoms with Crippen molar-refractivity contribution in [3.05, 3.63) is 18.0 Å². The van der Waals surface area contributed by atoms with Crippen molar-refractivity contribution in [1.29, 1.82) is 0 Å². The molecule has 1 aromatic heterocycles. The summed E-state index contributed by atoms with van der Waals surface area (Å²) in [5.41, 5.74) is 1.22. The number of aryl methyl sites for hydroxylation is 1. The number of rotatable bonds is 6. The SMILES string of the molecule is CCCNC(Cc1ccn(C)n1)C1CCCS1. The van der Waals surface area contributed by atoms with Gasteiger partial charge in [0.15, 0.2) is 0 Å². The summed E-state index contributed by atoms with van der Waals surface area (Å²) in [6.45, 7) is 3.35. The van der Waals surface area contributed by atoms with Crippen LogP contribution in [-0.4, -0.2) is 33.4 Å². The van der Waals surface area contributed by atoms with E-state index in [0.717, 1.165) is 18.2 Å². The Kier molecular flexibility index (Phi) is 4.92. The summed E-state index contributed by atoms with van der Waals surface area (Å²) in [5, 5.41) is 8.98. The van der Waals surface area contributed by atoms with E-state index in [-0.39, 0.29) is 0 Å². The minimum Gasteiger partial charge on any atom is -0.312 e. The van der Waals surface area contributed by atoms with E-state index in [2.05, 4.69) is 35.2 Å². The van der Waals surface area contributed by atoms with Crippen LogP contribution >= 0.6 is 11.8 Å². The predicted molar refractivity (Wildman–Crippen MR) is 74.5 cm³/mol. The highest BCUT2D eigenvalue weighted by atomic mass is 32.2. The fraction of sp³-hybridized carbons (Fsp3) is 0.769. The molecule has 0 aromatic carbocycles. The van der Waals surface area contributed by atoms with Crippen molar-refractivity contribution in [1.82, 2.24) is 15.1 Å². The van der Waals surface area contributed by atoms with Crippen LogP contribution in [0.2, 0.25) is 0 Å². The van der Waals surface area contributed by atoms with Gasteiger partial charge in [-0.1, -0.05) is 6.92 Å². The zero-order valence-electron chi connectivity index (χ0n) is 10.9. The van der Waals surface area contributed by atoms with E-state index in [1.165, 1.54) is 30.7 Å². The molecule has 0 saturated carbocycles. The lowest BCUT2D eigenvalue weighted by Crippen LogP contribution is -2.39. The third-order valence-electron chi connectivity index (χ3n) is 3.27. The van der Waals surface area contributed by atoms with Gasteiger partial charge in [-0.25, -0.2) is 0 Å². The molecule has 0 amide bonds. The minimum atomic E-state index is 0.595. The highest BCUT2D eigenvalue weighted by Gasteiger charge is 2.25. The Bertz CT molecular complexity index is 331. The van der Waals surface area contributed by atoms with Gasteiger partial charge >= 0.3 is 0 Å². The van der Waals surface area contributed by atoms with E-state index in [9.17, 15) is 0 Å². The Balaban J connectivity index is 1.94. The normalized spacial score (nSPS) is 21.9. The van der Waals surface area contributed by atoms with Crippen molar-refractivity contribution in [2.24, 2.45) is 7.05 Å². The first-order valence-electron chi connectivity index (χ1n) is 6.63. The summed E-state index contributed by atoms with van der Waals surface area (Å²) < 4.78 is 1.90. The molecule has 17 heavy (non-hydrogen) atoms. The molecule has 1 aliphatic heterocycles. The van der Waals surface area contributed by atoms with E-state index in [1.807, 2.05) is 17.9 Å². The lowest BCUT2D eigenvalue weighted by molar-refractivity contribution is 0.476. The summed E-state index contributed by atoms with van der Waals surface area (Å²) >= 11 is 2.13. The van der Waals surface area contributed by atoms with Crippen molar-refractivity contribution in [2.75, 3.05) is 12.3 Å². The third-order valence-corrected chi connectivity index (χ3v) is 4.78. The van der Waals surface area contributed by atoms with E-state index in [0.29, 0.717) is 6.04 Å². The Labute approximate surface area is 108 Å². The molecule has 4 heteroatoms. The molecule has 2 rings (SSSR count). The molecule has 0 spiro atoms. The summed E-state index contributed by atoms with van der Waals surface area (Å²) in [6, 6.07) is 2.73. The van der Waals surface area contributed by atoms with Crippen LogP contribution in [0.3, 0.4) is 0 Å². The van der Waals surface area contributed by atoms with E-state index < -0.39 is 0 Å². The molecule has 0 aliphatic carbocycles. The third kappa shape index (κ3) is 3.75. The lowest BCUT2D eigenvalue weighted by Gasteiger charge is -2.23. The minimum absolute atomic E-state index is 0.595. The number of thioether (sulfide) groups is 1. The van der Waals surface area contributed by atoms with Crippen molar-refractivity contribution < 1.29 is 0 Å². The fourth-order valence-corrected chi connectivity index (χ4v) is 3.78. The number of nitrogens with one attached hydrogen (secondary N) is 1. The van der Waals surface area contributed by atoms with Gasteiger partial charge in [0, 0.05) is 31.0 Å². The van der Waals surface area contributed by atoms with Crippen LogP contribution in [0.15, 0.2) is 12.3 Å². The van der Waals surface area contributed by atoms with Gasteiger partial charge in [0.25, 0.3) is 0 Å². The first kappa shape index (κ1) is 13.0. The molecule has 0 radical (unpaired) electrons. The first-order valence-corrected chi connectivity index (χ1v) is 7.68. The van der Waals surface area contributed by atoms with Crippen LogP contribution < -0.4 is 5.32 Å². The van der Waals surface area contributed by atoms with E-state index in [4.69, 9.17) is 0 Å². The molecular weight excluding hydrogens is 230 g/mol. The van der Waals surface area contributed by atoms with Crippen LogP contribution in [0.1, 0.15) is 31.9 Å². The fourth-order valence-electron chi connectivity index (χ4n) is 2.38. The quantitative estimate of drug-likeness (QED) is 0.843. The predicted octanol–water partition coefficient (Wildman–Crippen LogP) is 2.23. The molecule has 96 valence electrons. The summed E-state index contributed by atoms with van der Waals surface area (Å²) in [7, 11) is 1.99. The highest BCUT2D eigenvalue weighted by molar-refractivity contribution is 8.00. The topological polar surface area (TPSA) is 29.9 Å². The Hall–Kier alpha value is -0.480. The average molecular weight is 253 g/mol. The largest absolute Gasteiger partial charge is 0.312 e. The van der Waals surface area contributed by atoms with Gasteiger partial charge in [0.05, 0.1) is 5.69 Å². The van der Waals surface area contributed by atoms with Crippen molar-refractivity contribution in [3.8, 4) is 0 Å². The van der Waals surface area contributed by atoms with Crippen LogP contribution in [0.5, 0.6) is 0 Å². The zero-order chi connectivity index (χ0) is 12.1. The number of aromatic nitrogens is 2. The number of hydrogen-bond donors (Lipinski definition) is 1. The maximum atomic E-state index is 4.50. The van der Waals surface area contributed by atoms with E-state index >= 15 is 0 Å². The molecule has 3 nitrogen and oxygen atoms in total. The standard InChI is InChI=1S/C13H23N3S/c1-3-7-14-12(13-5-4-9-17-13)10-11-6-8-16(2)15-11/h6,8,12-14H,3-5,7,9-10H2,1-2H3. The number of hydrogen-bond acceptors (Lipinski definition) is 3. The lowest BCUT2D eigenvalue weighted by atomic mass is 10.0. The Morgan fingerprint density at radius 3 is 3.12 bits per heavy atom. The molecular formula is C13H23N3S. The van der Waals surface area contributed by atoms with Crippen molar-refractivity contribution in [3.63, 3.8) is 0 Å². The molecule has 1 aliphatic rings. The maximum Gasteiger partial charge on any atom is 0.0640 e. The van der Waals surface area contributed by atoms with Crippen LogP contribution in [-0.2, 0) is 13.5 Å². The molecule has 0 bridgehead atoms. The monoisotopic (exact) mass is 253 g/mol. The second-order valence-electron chi connectivity index (χ2n) is 4.80. The summed E-state index contributed by atoms with van der Waals surface area (Å²) in [4.78, 5) is 0. The molecule has 1 saturated heterocycles. The zero-order valence-corrected chi connectivity index (χ0v) is 11.7. The first-order chi connectivity index (χ1) is 8.29. The van der Waals surface area contributed by atoms with E-state index in [1.54, 1.807) is 0 Å². The van der Waals surface area contributed by atoms with Gasteiger partial charge in [0.2, 0.25) is 0 Å². The molecule has 1 N–H and O–H groups in total. The summed E-state index contributed by atoms with van der Waals surface area (Å²) in [6.07, 6.45) is 7.04. The maximum absolute atomic E-state index is 4.50. The average Bonchev–Trinajstić information content (AvgIpc) is 2.95. The van der Waals surface area contributed by atoms with Crippen LogP contribution in [0.25, 0.3) is 0 Å². The van der Waals surface area contributed by atoms with Crippen LogP contribution in [0.4, 0.5) is 0 Å². The van der Waals surface area contributed by atoms with Gasteiger partial charge in [-0.15, -0.1) is 0 Å². The van der Waals surface area contributed by atoms with Gasteiger partial charge in [-0.3, -0.25) is 4.68 Å². The molecule has 2 unspecified atom stereocenters. The van der Waals surface area contributed by atoms with Crippen molar-refractivity contribution >= 4 is 11.8 Å². The van der Waals surface area contributed by atoms with Crippen LogP contribution in [0, 0.1) is 0 Å². The second-order valence-corrected chi connectivity index (χ2v) is 6.14. The molecule has 1 fully saturated rings. The summed E-state index contributed by atoms with van der Waals surface area (Å²) in [5.74, 6) is 1.33. The molecule has 2 atom stereocenters. The molecule has 1 aromatic rings. The Morgan fingerprint density at radius 2 is 2.53 bits per heavy atom. The molecule has 2 heterocycles. The second kappa shape index (κ2) is 6.45. The number of nitrogens with zero attached hydrogens (tertiary/aromatic N) is 2. The van der Waals surface area contributed by atoms with Gasteiger partial charge in [-0.05, 0) is 37.6 Å². The Morgan fingerprint density at radius 1 is 1.65 bits per heavy atom. The van der Waals surface area contributed by atoms with Gasteiger partial charge < -0.3 is 5.32 Å². The highest BCUT2D eigenvalue weighted by Crippen LogP contribution is 2.30. The van der Waals surface area contributed by atoms with Crippen molar-refractivity contribution in [2.45, 2.75) is 43.9 Å². The van der Waals surface area contributed by atoms with Gasteiger partial charge in [-0.2, -0.15) is 16.9 Å². The smallest absolute Gasteiger partial charge is 0.0640 e.